The number of sulfonamides is 1. The number of hydrogen-bond donors (Lipinski definition) is 2. The molecule has 0 aliphatic rings. The van der Waals surface area contributed by atoms with Crippen molar-refractivity contribution < 1.29 is 36.3 Å². The minimum atomic E-state index is -4.07. The molecule has 0 saturated carbocycles. The lowest BCUT2D eigenvalue weighted by atomic mass is 10.1. The highest BCUT2D eigenvalue weighted by Gasteiger charge is 2.23. The van der Waals surface area contributed by atoms with Crippen molar-refractivity contribution in [2.45, 2.75) is 38.4 Å². The Bertz CT molecular complexity index is 1070. The zero-order valence-electron chi connectivity index (χ0n) is 16.3. The third-order valence-corrected chi connectivity index (χ3v) is 5.21. The van der Waals surface area contributed by atoms with Crippen molar-refractivity contribution in [1.82, 2.24) is 0 Å². The van der Waals surface area contributed by atoms with Gasteiger partial charge >= 0.3 is 12.6 Å². The van der Waals surface area contributed by atoms with E-state index in [0.717, 1.165) is 6.07 Å². The standard InChI is InChI=1S/C19H20F2N2O6S/c1-10-8-13(9-16(11(10)2)30(22,26)27)18(25)28-12(3)17(24)23-14-6-4-5-7-15(14)29-19(20)21/h4-9,12,19H,1-3H3,(H,23,24)(H2,22,26,27). The highest BCUT2D eigenvalue weighted by Crippen LogP contribution is 2.26. The number of para-hydroxylation sites is 2. The van der Waals surface area contributed by atoms with Gasteiger partial charge in [0, 0.05) is 0 Å². The fourth-order valence-corrected chi connectivity index (χ4v) is 3.40. The van der Waals surface area contributed by atoms with Crippen LogP contribution in [-0.4, -0.2) is 33.0 Å². The Labute approximate surface area is 172 Å². The molecule has 0 aliphatic carbocycles. The summed E-state index contributed by atoms with van der Waals surface area (Å²) in [5.74, 6) is -2.02. The number of benzene rings is 2. The van der Waals surface area contributed by atoms with E-state index in [1.165, 1.54) is 37.3 Å². The van der Waals surface area contributed by atoms with E-state index in [1.54, 1.807) is 13.8 Å². The van der Waals surface area contributed by atoms with Crippen molar-refractivity contribution >= 4 is 27.6 Å². The lowest BCUT2D eigenvalue weighted by Crippen LogP contribution is -2.30. The molecule has 0 radical (unpaired) electrons. The van der Waals surface area contributed by atoms with Crippen molar-refractivity contribution in [3.63, 3.8) is 0 Å². The first kappa shape index (κ1) is 23.2. The van der Waals surface area contributed by atoms with Crippen LogP contribution in [0.1, 0.15) is 28.4 Å². The van der Waals surface area contributed by atoms with Crippen LogP contribution in [0.4, 0.5) is 14.5 Å². The number of amides is 1. The van der Waals surface area contributed by atoms with Crippen LogP contribution in [0.3, 0.4) is 0 Å². The second kappa shape index (κ2) is 9.18. The van der Waals surface area contributed by atoms with Crippen LogP contribution in [0.15, 0.2) is 41.3 Å². The van der Waals surface area contributed by atoms with Crippen LogP contribution in [0, 0.1) is 13.8 Å². The molecule has 8 nitrogen and oxygen atoms in total. The monoisotopic (exact) mass is 442 g/mol. The largest absolute Gasteiger partial charge is 0.449 e. The van der Waals surface area contributed by atoms with E-state index in [-0.39, 0.29) is 21.9 Å². The van der Waals surface area contributed by atoms with Gasteiger partial charge in [0.05, 0.1) is 16.1 Å². The maximum absolute atomic E-state index is 12.5. The number of esters is 1. The van der Waals surface area contributed by atoms with Crippen molar-refractivity contribution in [2.24, 2.45) is 5.14 Å². The minimum absolute atomic E-state index is 0.0339. The van der Waals surface area contributed by atoms with Gasteiger partial charge in [0.2, 0.25) is 10.0 Å². The Morgan fingerprint density at radius 2 is 1.77 bits per heavy atom. The molecule has 1 unspecified atom stereocenters. The number of nitrogens with one attached hydrogen (secondary N) is 1. The number of carbonyl (C=O) groups excluding carboxylic acids is 2. The molecule has 2 rings (SSSR count). The summed E-state index contributed by atoms with van der Waals surface area (Å²) in [6, 6.07) is 7.99. The normalized spacial score (nSPS) is 12.4. The molecule has 11 heteroatoms. The summed E-state index contributed by atoms with van der Waals surface area (Å²) < 4.78 is 57.8. The van der Waals surface area contributed by atoms with Gasteiger partial charge in [-0.1, -0.05) is 12.1 Å². The molecule has 0 aromatic heterocycles. The molecular formula is C19H20F2N2O6S. The van der Waals surface area contributed by atoms with Gasteiger partial charge in [-0.05, 0) is 56.2 Å². The van der Waals surface area contributed by atoms with E-state index in [4.69, 9.17) is 9.88 Å². The maximum atomic E-state index is 12.5. The smallest absolute Gasteiger partial charge is 0.387 e. The molecular weight excluding hydrogens is 422 g/mol. The average molecular weight is 442 g/mol. The van der Waals surface area contributed by atoms with E-state index in [1.807, 2.05) is 0 Å². The number of ether oxygens (including phenoxy) is 2. The van der Waals surface area contributed by atoms with Gasteiger partial charge in [-0.25, -0.2) is 18.4 Å². The number of carbonyl (C=O) groups is 2. The first-order valence-corrected chi connectivity index (χ1v) is 10.1. The maximum Gasteiger partial charge on any atom is 0.387 e. The Morgan fingerprint density at radius 3 is 2.37 bits per heavy atom. The van der Waals surface area contributed by atoms with Gasteiger partial charge in [-0.15, -0.1) is 0 Å². The number of primary sulfonamides is 1. The number of halogens is 2. The summed E-state index contributed by atoms with van der Waals surface area (Å²) in [7, 11) is -4.07. The topological polar surface area (TPSA) is 125 Å². The van der Waals surface area contributed by atoms with Gasteiger partial charge in [-0.3, -0.25) is 4.79 Å². The van der Waals surface area contributed by atoms with Crippen LogP contribution in [0.5, 0.6) is 5.75 Å². The van der Waals surface area contributed by atoms with Crippen molar-refractivity contribution in [1.29, 1.82) is 0 Å². The number of anilines is 1. The molecule has 0 heterocycles. The molecule has 30 heavy (non-hydrogen) atoms. The lowest BCUT2D eigenvalue weighted by molar-refractivity contribution is -0.123. The number of nitrogens with two attached hydrogens (primary N) is 1. The van der Waals surface area contributed by atoms with Crippen LogP contribution >= 0.6 is 0 Å². The first-order chi connectivity index (χ1) is 13.9. The van der Waals surface area contributed by atoms with Crippen molar-refractivity contribution in [3.8, 4) is 5.75 Å². The summed E-state index contributed by atoms with van der Waals surface area (Å²) in [5, 5.41) is 7.51. The fraction of sp³-hybridized carbons (Fsp3) is 0.263. The van der Waals surface area contributed by atoms with Gasteiger partial charge in [-0.2, -0.15) is 8.78 Å². The number of rotatable bonds is 7. The summed E-state index contributed by atoms with van der Waals surface area (Å²) in [4.78, 5) is 24.5. The highest BCUT2D eigenvalue weighted by atomic mass is 32.2. The van der Waals surface area contributed by atoms with Crippen LogP contribution < -0.4 is 15.2 Å². The Hall–Kier alpha value is -3.05. The lowest BCUT2D eigenvalue weighted by Gasteiger charge is -2.16. The van der Waals surface area contributed by atoms with Crippen LogP contribution in [0.2, 0.25) is 0 Å². The molecule has 0 saturated heterocycles. The average Bonchev–Trinajstić information content (AvgIpc) is 2.63. The number of alkyl halides is 2. The molecule has 2 aromatic carbocycles. The molecule has 0 fully saturated rings. The van der Waals surface area contributed by atoms with E-state index in [9.17, 15) is 26.8 Å². The number of aryl methyl sites for hydroxylation is 1. The van der Waals surface area contributed by atoms with E-state index in [0.29, 0.717) is 11.1 Å². The molecule has 0 spiro atoms. The zero-order chi connectivity index (χ0) is 22.6. The summed E-state index contributed by atoms with van der Waals surface area (Å²) in [5.41, 5.74) is 0.732. The first-order valence-electron chi connectivity index (χ1n) is 8.60. The van der Waals surface area contributed by atoms with E-state index < -0.39 is 34.6 Å². The minimum Gasteiger partial charge on any atom is -0.449 e. The van der Waals surface area contributed by atoms with E-state index in [2.05, 4.69) is 10.1 Å². The van der Waals surface area contributed by atoms with Crippen molar-refractivity contribution in [3.05, 3.63) is 53.1 Å². The third-order valence-electron chi connectivity index (χ3n) is 4.18. The van der Waals surface area contributed by atoms with E-state index >= 15 is 0 Å². The van der Waals surface area contributed by atoms with Gasteiger partial charge in [0.25, 0.3) is 5.91 Å². The van der Waals surface area contributed by atoms with Gasteiger partial charge < -0.3 is 14.8 Å². The molecule has 162 valence electrons. The summed E-state index contributed by atoms with van der Waals surface area (Å²) in [6.07, 6.45) is -1.32. The fourth-order valence-electron chi connectivity index (χ4n) is 2.53. The molecule has 0 aliphatic heterocycles. The third kappa shape index (κ3) is 5.74. The summed E-state index contributed by atoms with van der Waals surface area (Å²) >= 11 is 0. The highest BCUT2D eigenvalue weighted by molar-refractivity contribution is 7.89. The molecule has 1 amide bonds. The Morgan fingerprint density at radius 1 is 1.13 bits per heavy atom. The predicted octanol–water partition coefficient (Wildman–Crippen LogP) is 2.74. The Balaban J connectivity index is 2.17. The SMILES string of the molecule is Cc1cc(C(=O)OC(C)C(=O)Nc2ccccc2OC(F)F)cc(S(N)(=O)=O)c1C. The predicted molar refractivity (Wildman–Crippen MR) is 104 cm³/mol. The number of hydrogen-bond acceptors (Lipinski definition) is 6. The van der Waals surface area contributed by atoms with Gasteiger partial charge in [0.15, 0.2) is 6.10 Å². The van der Waals surface area contributed by atoms with Crippen molar-refractivity contribution in [2.75, 3.05) is 5.32 Å². The second-order valence-corrected chi connectivity index (χ2v) is 7.90. The molecule has 3 N–H and O–H groups in total. The second-order valence-electron chi connectivity index (χ2n) is 6.37. The van der Waals surface area contributed by atoms with Crippen LogP contribution in [0.25, 0.3) is 0 Å². The quantitative estimate of drug-likeness (QED) is 0.636. The van der Waals surface area contributed by atoms with Crippen LogP contribution in [-0.2, 0) is 19.6 Å². The summed E-state index contributed by atoms with van der Waals surface area (Å²) in [6.45, 7) is 1.32. The molecule has 0 bridgehead atoms. The Kier molecular flexibility index (Phi) is 7.11. The van der Waals surface area contributed by atoms with Gasteiger partial charge in [0.1, 0.15) is 5.75 Å². The zero-order valence-corrected chi connectivity index (χ0v) is 17.1. The molecule has 1 atom stereocenters. The molecule has 2 aromatic rings.